The highest BCUT2D eigenvalue weighted by molar-refractivity contribution is 5.88. The molecule has 1 N–H and O–H groups in total. The van der Waals surface area contributed by atoms with Gasteiger partial charge in [0, 0.05) is 11.8 Å². The monoisotopic (exact) mass is 234 g/mol. The van der Waals surface area contributed by atoms with E-state index in [1.165, 1.54) is 16.9 Å². The van der Waals surface area contributed by atoms with Crippen molar-refractivity contribution in [3.8, 4) is 0 Å². The van der Waals surface area contributed by atoms with Crippen LogP contribution in [0.5, 0.6) is 0 Å². The van der Waals surface area contributed by atoms with Crippen molar-refractivity contribution in [1.82, 2.24) is 9.78 Å². The van der Waals surface area contributed by atoms with Crippen molar-refractivity contribution >= 4 is 5.97 Å². The first-order chi connectivity index (χ1) is 8.08. The highest BCUT2D eigenvalue weighted by Gasteiger charge is 2.12. The third-order valence-electron chi connectivity index (χ3n) is 2.47. The molecule has 4 nitrogen and oxygen atoms in total. The van der Waals surface area contributed by atoms with Crippen LogP contribution in [-0.2, 0) is 6.54 Å². The number of nitrogens with zero attached hydrogens (tertiary/aromatic N) is 2. The van der Waals surface area contributed by atoms with Crippen LogP contribution in [0.4, 0.5) is 4.39 Å². The summed E-state index contributed by atoms with van der Waals surface area (Å²) < 4.78 is 14.8. The van der Waals surface area contributed by atoms with Crippen LogP contribution in [0.3, 0.4) is 0 Å². The van der Waals surface area contributed by atoms with Crippen molar-refractivity contribution < 1.29 is 14.3 Å². The maximum atomic E-state index is 13.4. The molecule has 1 heterocycles. The minimum Gasteiger partial charge on any atom is -0.478 e. The number of aryl methyl sites for hydroxylation is 1. The summed E-state index contributed by atoms with van der Waals surface area (Å²) in [7, 11) is 0. The van der Waals surface area contributed by atoms with Gasteiger partial charge in [0.1, 0.15) is 11.4 Å². The molecule has 0 atom stereocenters. The molecule has 1 aromatic heterocycles. The molecule has 0 unspecified atom stereocenters. The van der Waals surface area contributed by atoms with Crippen molar-refractivity contribution in [1.29, 1.82) is 0 Å². The van der Waals surface area contributed by atoms with Gasteiger partial charge in [0.2, 0.25) is 0 Å². The highest BCUT2D eigenvalue weighted by Crippen LogP contribution is 2.11. The van der Waals surface area contributed by atoms with Gasteiger partial charge in [0.25, 0.3) is 0 Å². The third-order valence-corrected chi connectivity index (χ3v) is 2.47. The molecule has 2 aromatic rings. The normalized spacial score (nSPS) is 10.5. The van der Waals surface area contributed by atoms with Crippen LogP contribution in [-0.4, -0.2) is 20.9 Å². The van der Waals surface area contributed by atoms with Crippen LogP contribution < -0.4 is 0 Å². The standard InChI is InChI=1S/C12H11FN2O2/c1-8-10(12(16)17)7-15(14-8)6-9-4-2-3-5-11(9)13/h2-5,7H,6H2,1H3,(H,16,17). The minimum atomic E-state index is -1.03. The summed E-state index contributed by atoms with van der Waals surface area (Å²) >= 11 is 0. The zero-order valence-electron chi connectivity index (χ0n) is 9.22. The molecule has 0 radical (unpaired) electrons. The van der Waals surface area contributed by atoms with Crippen molar-refractivity contribution in [3.05, 3.63) is 53.1 Å². The average molecular weight is 234 g/mol. The smallest absolute Gasteiger partial charge is 0.339 e. The van der Waals surface area contributed by atoms with Gasteiger partial charge in [-0.05, 0) is 13.0 Å². The fourth-order valence-corrected chi connectivity index (χ4v) is 1.61. The number of carboxylic acids is 1. The summed E-state index contributed by atoms with van der Waals surface area (Å²) in [6.45, 7) is 1.84. The molecule has 5 heteroatoms. The first-order valence-corrected chi connectivity index (χ1v) is 5.08. The summed E-state index contributed by atoms with van der Waals surface area (Å²) in [4.78, 5) is 10.8. The van der Waals surface area contributed by atoms with Crippen LogP contribution in [0, 0.1) is 12.7 Å². The molecule has 0 spiro atoms. The van der Waals surface area contributed by atoms with Crippen molar-refractivity contribution in [2.75, 3.05) is 0 Å². The molecule has 0 amide bonds. The number of benzene rings is 1. The van der Waals surface area contributed by atoms with E-state index >= 15 is 0 Å². The second-order valence-corrected chi connectivity index (χ2v) is 3.72. The molecule has 2 rings (SSSR count). The van der Waals surface area contributed by atoms with E-state index in [9.17, 15) is 9.18 Å². The van der Waals surface area contributed by atoms with Crippen LogP contribution >= 0.6 is 0 Å². The number of aromatic nitrogens is 2. The number of halogens is 1. The molecule has 0 saturated carbocycles. The van der Waals surface area contributed by atoms with Crippen LogP contribution in [0.15, 0.2) is 30.5 Å². The number of carbonyl (C=O) groups is 1. The van der Waals surface area contributed by atoms with E-state index in [1.54, 1.807) is 25.1 Å². The summed E-state index contributed by atoms with van der Waals surface area (Å²) in [6, 6.07) is 6.35. The molecule has 0 aliphatic rings. The Morgan fingerprint density at radius 2 is 2.18 bits per heavy atom. The average Bonchev–Trinajstić information content (AvgIpc) is 2.63. The van der Waals surface area contributed by atoms with E-state index in [0.717, 1.165) is 0 Å². The quantitative estimate of drug-likeness (QED) is 0.884. The summed E-state index contributed by atoms with van der Waals surface area (Å²) in [5.41, 5.74) is 1.04. The molecule has 0 aliphatic heterocycles. The van der Waals surface area contributed by atoms with Crippen molar-refractivity contribution in [2.45, 2.75) is 13.5 Å². The third kappa shape index (κ3) is 2.33. The minimum absolute atomic E-state index is 0.140. The highest BCUT2D eigenvalue weighted by atomic mass is 19.1. The Labute approximate surface area is 97.3 Å². The number of aromatic carboxylic acids is 1. The lowest BCUT2D eigenvalue weighted by molar-refractivity contribution is 0.0696. The SMILES string of the molecule is Cc1nn(Cc2ccccc2F)cc1C(=O)O. The Kier molecular flexibility index (Phi) is 2.91. The predicted octanol–water partition coefficient (Wildman–Crippen LogP) is 2.08. The Bertz CT molecular complexity index is 563. The van der Waals surface area contributed by atoms with Gasteiger partial charge in [-0.15, -0.1) is 0 Å². The molecule has 17 heavy (non-hydrogen) atoms. The first-order valence-electron chi connectivity index (χ1n) is 5.08. The second-order valence-electron chi connectivity index (χ2n) is 3.72. The maximum Gasteiger partial charge on any atom is 0.339 e. The lowest BCUT2D eigenvalue weighted by Gasteiger charge is -2.02. The van der Waals surface area contributed by atoms with Gasteiger partial charge in [0.15, 0.2) is 0 Å². The molecular weight excluding hydrogens is 223 g/mol. The van der Waals surface area contributed by atoms with Gasteiger partial charge < -0.3 is 5.11 Å². The first kappa shape index (κ1) is 11.3. The largest absolute Gasteiger partial charge is 0.478 e. The van der Waals surface area contributed by atoms with E-state index in [1.807, 2.05) is 0 Å². The zero-order chi connectivity index (χ0) is 12.4. The van der Waals surface area contributed by atoms with Crippen LogP contribution in [0.1, 0.15) is 21.6 Å². The van der Waals surface area contributed by atoms with Crippen LogP contribution in [0.25, 0.3) is 0 Å². The fourth-order valence-electron chi connectivity index (χ4n) is 1.61. The molecular formula is C12H11FN2O2. The second kappa shape index (κ2) is 4.37. The Morgan fingerprint density at radius 1 is 1.47 bits per heavy atom. The van der Waals surface area contributed by atoms with Crippen molar-refractivity contribution in [2.24, 2.45) is 0 Å². The Morgan fingerprint density at radius 3 is 2.76 bits per heavy atom. The molecule has 0 bridgehead atoms. The van der Waals surface area contributed by atoms with Gasteiger partial charge in [-0.25, -0.2) is 9.18 Å². The predicted molar refractivity (Wildman–Crippen MR) is 59.4 cm³/mol. The lowest BCUT2D eigenvalue weighted by atomic mass is 10.2. The Balaban J connectivity index is 2.28. The fraction of sp³-hybridized carbons (Fsp3) is 0.167. The molecule has 0 aliphatic carbocycles. The number of carboxylic acid groups (broad SMARTS) is 1. The van der Waals surface area contributed by atoms with Gasteiger partial charge >= 0.3 is 5.97 Å². The van der Waals surface area contributed by atoms with Gasteiger partial charge in [-0.2, -0.15) is 5.10 Å². The summed E-state index contributed by atoms with van der Waals surface area (Å²) in [6.07, 6.45) is 1.41. The van der Waals surface area contributed by atoms with Gasteiger partial charge in [-0.1, -0.05) is 18.2 Å². The van der Waals surface area contributed by atoms with E-state index in [0.29, 0.717) is 11.3 Å². The van der Waals surface area contributed by atoms with Crippen molar-refractivity contribution in [3.63, 3.8) is 0 Å². The van der Waals surface area contributed by atoms with E-state index in [2.05, 4.69) is 5.10 Å². The topological polar surface area (TPSA) is 55.1 Å². The maximum absolute atomic E-state index is 13.4. The number of hydrogen-bond donors (Lipinski definition) is 1. The summed E-state index contributed by atoms with van der Waals surface area (Å²) in [5.74, 6) is -1.35. The number of rotatable bonds is 3. The molecule has 1 aromatic carbocycles. The van der Waals surface area contributed by atoms with Crippen LogP contribution in [0.2, 0.25) is 0 Å². The lowest BCUT2D eigenvalue weighted by Crippen LogP contribution is -2.02. The molecule has 0 saturated heterocycles. The number of hydrogen-bond acceptors (Lipinski definition) is 2. The molecule has 88 valence electrons. The zero-order valence-corrected chi connectivity index (χ0v) is 9.22. The van der Waals surface area contributed by atoms with E-state index in [-0.39, 0.29) is 17.9 Å². The van der Waals surface area contributed by atoms with E-state index < -0.39 is 5.97 Å². The molecule has 0 fully saturated rings. The van der Waals surface area contributed by atoms with Gasteiger partial charge in [0.05, 0.1) is 12.2 Å². The summed E-state index contributed by atoms with van der Waals surface area (Å²) in [5, 5.41) is 12.9. The Hall–Kier alpha value is -2.17. The van der Waals surface area contributed by atoms with E-state index in [4.69, 9.17) is 5.11 Å². The van der Waals surface area contributed by atoms with Gasteiger partial charge in [-0.3, -0.25) is 4.68 Å².